The molecule has 3 N–H and O–H groups in total. The second-order valence-electron chi connectivity index (χ2n) is 14.6. The predicted octanol–water partition coefficient (Wildman–Crippen LogP) is 10.2. The average Bonchev–Trinajstić information content (AvgIpc) is 3.77. The maximum absolute atomic E-state index is 12.8. The number of carbonyl (C=O) groups excluding carboxylic acids is 1. The summed E-state index contributed by atoms with van der Waals surface area (Å²) in [5.41, 5.74) is 6.62. The number of urea groups is 1. The Kier molecular flexibility index (Phi) is 12.7. The molecule has 2 fully saturated rings. The van der Waals surface area contributed by atoms with E-state index >= 15 is 0 Å². The van der Waals surface area contributed by atoms with Crippen LogP contribution in [-0.4, -0.2) is 41.3 Å². The Morgan fingerprint density at radius 2 is 1.53 bits per heavy atom. The second-order valence-corrected chi connectivity index (χ2v) is 14.6. The van der Waals surface area contributed by atoms with Gasteiger partial charge in [0.2, 0.25) is 0 Å². The second kappa shape index (κ2) is 18.4. The monoisotopic (exact) mass is 737 g/mol. The number of carbonyl (C=O) groups is 1. The van der Waals surface area contributed by atoms with Crippen LogP contribution in [-0.2, 0) is 22.6 Å². The Labute approximate surface area is 324 Å². The molecule has 5 aromatic carbocycles. The minimum atomic E-state index is -0.565. The normalized spacial score (nSPS) is 19.9. The maximum atomic E-state index is 12.8. The lowest BCUT2D eigenvalue weighted by molar-refractivity contribution is -0.276. The van der Waals surface area contributed by atoms with Crippen molar-refractivity contribution < 1.29 is 24.1 Å². The minimum absolute atomic E-state index is 0.00531. The molecule has 5 aromatic rings. The van der Waals surface area contributed by atoms with E-state index in [-0.39, 0.29) is 30.8 Å². The van der Waals surface area contributed by atoms with Crippen LogP contribution >= 0.6 is 0 Å². The standard InChI is InChI=1S/C47H51N3O5/c1-3-27-50(41-15-7-8-16-41)31-44-33(2)45(36-21-19-34(32-51)20-22-36)55-46(54-44)39-14-10-13-38(29-39)37-12-9-11-35(28-37)30-48-47(52)49-40-23-25-43(26-24-40)53-42-17-5-4-6-18-42/h3-6,9-14,17-26,28-29,33,41,44-46,51H,1,7-8,15-16,27,30-32H2,2H3,(H2,48,49,52)/t33-,44+,45+,46+/m1/s1. The van der Waals surface area contributed by atoms with Crippen LogP contribution in [0.1, 0.15) is 67.3 Å². The first-order chi connectivity index (χ1) is 26.9. The highest BCUT2D eigenvalue weighted by atomic mass is 16.7. The van der Waals surface area contributed by atoms with Gasteiger partial charge in [-0.1, -0.05) is 105 Å². The van der Waals surface area contributed by atoms with Crippen LogP contribution in [0.3, 0.4) is 0 Å². The molecule has 0 aromatic heterocycles. The van der Waals surface area contributed by atoms with Crippen LogP contribution in [0.5, 0.6) is 11.5 Å². The average molecular weight is 738 g/mol. The van der Waals surface area contributed by atoms with E-state index in [9.17, 15) is 9.90 Å². The topological polar surface area (TPSA) is 92.3 Å². The van der Waals surface area contributed by atoms with Crippen molar-refractivity contribution in [2.24, 2.45) is 5.92 Å². The zero-order chi connectivity index (χ0) is 38.0. The van der Waals surface area contributed by atoms with Crippen molar-refractivity contribution in [3.05, 3.63) is 162 Å². The summed E-state index contributed by atoms with van der Waals surface area (Å²) >= 11 is 0. The number of rotatable bonds is 14. The highest BCUT2D eigenvalue weighted by Gasteiger charge is 2.40. The molecular formula is C47H51N3O5. The number of para-hydroxylation sites is 1. The Hall–Kier alpha value is -5.25. The molecule has 1 aliphatic heterocycles. The number of amides is 2. The van der Waals surface area contributed by atoms with Gasteiger partial charge in [0.1, 0.15) is 11.5 Å². The number of benzene rings is 5. The lowest BCUT2D eigenvalue weighted by Gasteiger charge is -2.43. The van der Waals surface area contributed by atoms with Gasteiger partial charge in [-0.05, 0) is 89.2 Å². The molecule has 2 aliphatic rings. The summed E-state index contributed by atoms with van der Waals surface area (Å²) in [6, 6.07) is 41.7. The van der Waals surface area contributed by atoms with Crippen molar-refractivity contribution in [1.82, 2.24) is 10.2 Å². The Bertz CT molecular complexity index is 2000. The molecule has 8 nitrogen and oxygen atoms in total. The van der Waals surface area contributed by atoms with Crippen LogP contribution in [0.2, 0.25) is 0 Å². The molecule has 0 radical (unpaired) electrons. The first kappa shape index (κ1) is 38.0. The first-order valence-electron chi connectivity index (χ1n) is 19.4. The Morgan fingerprint density at radius 1 is 0.818 bits per heavy atom. The van der Waals surface area contributed by atoms with Crippen LogP contribution < -0.4 is 15.4 Å². The first-order valence-corrected chi connectivity index (χ1v) is 19.4. The quantitative estimate of drug-likeness (QED) is 0.0983. The molecule has 1 saturated heterocycles. The van der Waals surface area contributed by atoms with Gasteiger partial charge in [0, 0.05) is 42.8 Å². The number of ether oxygens (including phenoxy) is 3. The molecule has 55 heavy (non-hydrogen) atoms. The highest BCUT2D eigenvalue weighted by molar-refractivity contribution is 5.89. The third-order valence-corrected chi connectivity index (χ3v) is 10.7. The van der Waals surface area contributed by atoms with E-state index in [4.69, 9.17) is 14.2 Å². The summed E-state index contributed by atoms with van der Waals surface area (Å²) in [6.07, 6.45) is 6.15. The molecule has 1 saturated carbocycles. The summed E-state index contributed by atoms with van der Waals surface area (Å²) in [7, 11) is 0. The fourth-order valence-electron chi connectivity index (χ4n) is 7.68. The van der Waals surface area contributed by atoms with E-state index in [1.165, 1.54) is 25.7 Å². The predicted molar refractivity (Wildman–Crippen MR) is 218 cm³/mol. The SMILES string of the molecule is C=CCN(C[C@@H]1O[C@H](c2cccc(-c3cccc(CNC(=O)Nc4ccc(Oc5ccccc5)cc4)c3)c2)O[C@H](c2ccc(CO)cc2)[C@@H]1C)C1CCCC1. The summed E-state index contributed by atoms with van der Waals surface area (Å²) < 4.78 is 19.6. The van der Waals surface area contributed by atoms with Gasteiger partial charge in [-0.2, -0.15) is 0 Å². The van der Waals surface area contributed by atoms with Gasteiger partial charge in [0.15, 0.2) is 6.29 Å². The molecule has 0 unspecified atom stereocenters. The van der Waals surface area contributed by atoms with Gasteiger partial charge >= 0.3 is 6.03 Å². The highest BCUT2D eigenvalue weighted by Crippen LogP contribution is 2.43. The van der Waals surface area contributed by atoms with E-state index in [0.717, 1.165) is 52.2 Å². The minimum Gasteiger partial charge on any atom is -0.457 e. The van der Waals surface area contributed by atoms with Crippen LogP contribution in [0, 0.1) is 5.92 Å². The maximum Gasteiger partial charge on any atom is 0.319 e. The number of hydrogen-bond donors (Lipinski definition) is 3. The fourth-order valence-corrected chi connectivity index (χ4v) is 7.68. The molecule has 8 heteroatoms. The summed E-state index contributed by atoms with van der Waals surface area (Å²) in [6.45, 7) is 8.29. The lowest BCUT2D eigenvalue weighted by atomic mass is 9.89. The van der Waals surface area contributed by atoms with Gasteiger partial charge in [-0.15, -0.1) is 6.58 Å². The van der Waals surface area contributed by atoms with Crippen LogP contribution in [0.4, 0.5) is 10.5 Å². The van der Waals surface area contributed by atoms with Gasteiger partial charge in [-0.3, -0.25) is 4.90 Å². The number of nitrogens with one attached hydrogen (secondary N) is 2. The number of aliphatic hydroxyl groups excluding tert-OH is 1. The Morgan fingerprint density at radius 3 is 2.25 bits per heavy atom. The smallest absolute Gasteiger partial charge is 0.319 e. The lowest BCUT2D eigenvalue weighted by Crippen LogP contribution is -2.47. The Balaban J connectivity index is 1.03. The van der Waals surface area contributed by atoms with Crippen LogP contribution in [0.15, 0.2) is 140 Å². The van der Waals surface area contributed by atoms with Crippen LogP contribution in [0.25, 0.3) is 11.1 Å². The molecule has 2 amide bonds. The molecule has 0 bridgehead atoms. The largest absolute Gasteiger partial charge is 0.457 e. The summed E-state index contributed by atoms with van der Waals surface area (Å²) in [4.78, 5) is 15.4. The van der Waals surface area contributed by atoms with E-state index in [0.29, 0.717) is 24.0 Å². The molecule has 1 aliphatic carbocycles. The van der Waals surface area contributed by atoms with Gasteiger partial charge < -0.3 is 30.0 Å². The van der Waals surface area contributed by atoms with E-state index in [2.05, 4.69) is 71.5 Å². The molecule has 0 spiro atoms. The molecule has 4 atom stereocenters. The summed E-state index contributed by atoms with van der Waals surface area (Å²) in [5.74, 6) is 1.55. The van der Waals surface area contributed by atoms with Crippen molar-refractivity contribution in [2.75, 3.05) is 18.4 Å². The zero-order valence-corrected chi connectivity index (χ0v) is 31.5. The molecule has 284 valence electrons. The fraction of sp³-hybridized carbons (Fsp3) is 0.298. The van der Waals surface area contributed by atoms with Crippen molar-refractivity contribution in [2.45, 2.75) is 70.3 Å². The number of anilines is 1. The van der Waals surface area contributed by atoms with Gasteiger partial charge in [0.25, 0.3) is 0 Å². The van der Waals surface area contributed by atoms with Crippen molar-refractivity contribution in [1.29, 1.82) is 0 Å². The molecule has 1 heterocycles. The third kappa shape index (κ3) is 9.90. The van der Waals surface area contributed by atoms with Crippen molar-refractivity contribution in [3.8, 4) is 22.6 Å². The third-order valence-electron chi connectivity index (χ3n) is 10.7. The molecular weight excluding hydrogens is 687 g/mol. The number of nitrogens with zero attached hydrogens (tertiary/aromatic N) is 1. The van der Waals surface area contributed by atoms with E-state index in [1.807, 2.05) is 91.0 Å². The van der Waals surface area contributed by atoms with Gasteiger partial charge in [-0.25, -0.2) is 4.79 Å². The van der Waals surface area contributed by atoms with E-state index in [1.54, 1.807) is 0 Å². The summed E-state index contributed by atoms with van der Waals surface area (Å²) in [5, 5.41) is 15.6. The number of aliphatic hydroxyl groups is 1. The molecule has 7 rings (SSSR count). The zero-order valence-electron chi connectivity index (χ0n) is 31.5. The van der Waals surface area contributed by atoms with Crippen molar-refractivity contribution in [3.63, 3.8) is 0 Å². The van der Waals surface area contributed by atoms with Gasteiger partial charge in [0.05, 0.1) is 18.8 Å². The number of hydrogen-bond acceptors (Lipinski definition) is 6. The van der Waals surface area contributed by atoms with Crippen molar-refractivity contribution >= 4 is 11.7 Å². The van der Waals surface area contributed by atoms with E-state index < -0.39 is 6.29 Å².